The minimum Gasteiger partial charge on any atom is -0.383 e. The molecule has 146 valence electrons. The second kappa shape index (κ2) is 10.2. The van der Waals surface area contributed by atoms with Gasteiger partial charge in [-0.05, 0) is 42.7 Å². The van der Waals surface area contributed by atoms with Crippen molar-refractivity contribution < 1.29 is 9.53 Å². The van der Waals surface area contributed by atoms with E-state index in [1.165, 1.54) is 5.56 Å². The molecular weight excluding hydrogens is 418 g/mol. The van der Waals surface area contributed by atoms with Crippen LogP contribution >= 0.6 is 15.9 Å². The Morgan fingerprint density at radius 2 is 1.93 bits per heavy atom. The molecule has 1 heterocycles. The first-order chi connectivity index (χ1) is 13.7. The van der Waals surface area contributed by atoms with Gasteiger partial charge in [-0.3, -0.25) is 4.79 Å². The van der Waals surface area contributed by atoms with Gasteiger partial charge in [0.2, 0.25) is 0 Å². The van der Waals surface area contributed by atoms with Gasteiger partial charge in [0, 0.05) is 30.9 Å². The van der Waals surface area contributed by atoms with Crippen molar-refractivity contribution in [2.75, 3.05) is 26.8 Å². The van der Waals surface area contributed by atoms with Crippen molar-refractivity contribution in [2.24, 2.45) is 0 Å². The molecule has 1 amide bonds. The van der Waals surface area contributed by atoms with Gasteiger partial charge in [0.15, 0.2) is 5.69 Å². The van der Waals surface area contributed by atoms with Crippen molar-refractivity contribution >= 4 is 21.8 Å². The molecule has 0 aliphatic heterocycles. The lowest BCUT2D eigenvalue weighted by Gasteiger charge is -2.21. The number of carbonyl (C=O) groups excluding carboxylic acids is 1. The third-order valence-corrected chi connectivity index (χ3v) is 4.96. The van der Waals surface area contributed by atoms with Crippen LogP contribution in [-0.4, -0.2) is 47.4 Å². The number of amides is 1. The number of rotatable bonds is 9. The van der Waals surface area contributed by atoms with E-state index in [4.69, 9.17) is 4.74 Å². The SMILES string of the molecule is COCCN(CCCc1ccccc1)C(=O)c1ccn(-c2cccc(Br)c2)n1. The number of ether oxygens (including phenoxy) is 1. The molecule has 0 radical (unpaired) electrons. The smallest absolute Gasteiger partial charge is 0.274 e. The molecular formula is C22H24BrN3O2. The first kappa shape index (κ1) is 20.3. The van der Waals surface area contributed by atoms with Crippen LogP contribution in [0.4, 0.5) is 0 Å². The summed E-state index contributed by atoms with van der Waals surface area (Å²) >= 11 is 3.46. The van der Waals surface area contributed by atoms with Gasteiger partial charge >= 0.3 is 0 Å². The van der Waals surface area contributed by atoms with Crippen LogP contribution in [-0.2, 0) is 11.2 Å². The van der Waals surface area contributed by atoms with E-state index in [-0.39, 0.29) is 5.91 Å². The number of hydrogen-bond donors (Lipinski definition) is 0. The predicted molar refractivity (Wildman–Crippen MR) is 114 cm³/mol. The number of aryl methyl sites for hydroxylation is 1. The molecule has 2 aromatic carbocycles. The summed E-state index contributed by atoms with van der Waals surface area (Å²) in [5.74, 6) is -0.0705. The molecule has 0 bridgehead atoms. The molecule has 0 saturated heterocycles. The number of halogens is 1. The van der Waals surface area contributed by atoms with Crippen molar-refractivity contribution in [2.45, 2.75) is 12.8 Å². The highest BCUT2D eigenvalue weighted by Crippen LogP contribution is 2.16. The van der Waals surface area contributed by atoms with Gasteiger partial charge in [0.05, 0.1) is 12.3 Å². The number of benzene rings is 2. The lowest BCUT2D eigenvalue weighted by Crippen LogP contribution is -2.35. The van der Waals surface area contributed by atoms with E-state index in [9.17, 15) is 4.79 Å². The average Bonchev–Trinajstić information content (AvgIpc) is 3.21. The Balaban J connectivity index is 1.67. The number of methoxy groups -OCH3 is 1. The molecule has 5 nitrogen and oxygen atoms in total. The summed E-state index contributed by atoms with van der Waals surface area (Å²) < 4.78 is 7.87. The van der Waals surface area contributed by atoms with E-state index in [1.807, 2.05) is 53.6 Å². The molecule has 0 atom stereocenters. The van der Waals surface area contributed by atoms with E-state index in [0.717, 1.165) is 23.0 Å². The molecule has 1 aromatic heterocycles. The summed E-state index contributed by atoms with van der Waals surface area (Å²) in [5.41, 5.74) is 2.62. The molecule has 28 heavy (non-hydrogen) atoms. The number of hydrogen-bond acceptors (Lipinski definition) is 3. The summed E-state index contributed by atoms with van der Waals surface area (Å²) in [6.45, 7) is 1.72. The van der Waals surface area contributed by atoms with E-state index in [2.05, 4.69) is 33.2 Å². The third kappa shape index (κ3) is 5.53. The van der Waals surface area contributed by atoms with E-state index < -0.39 is 0 Å². The normalized spacial score (nSPS) is 10.8. The largest absolute Gasteiger partial charge is 0.383 e. The fraction of sp³-hybridized carbons (Fsp3) is 0.273. The first-order valence-corrected chi connectivity index (χ1v) is 10.1. The Kier molecular flexibility index (Phi) is 7.39. The maximum Gasteiger partial charge on any atom is 0.274 e. The van der Waals surface area contributed by atoms with Crippen molar-refractivity contribution in [1.29, 1.82) is 0 Å². The molecule has 0 aliphatic carbocycles. The molecule has 0 saturated carbocycles. The molecule has 0 spiro atoms. The maximum atomic E-state index is 13.0. The maximum absolute atomic E-state index is 13.0. The highest BCUT2D eigenvalue weighted by molar-refractivity contribution is 9.10. The molecule has 0 fully saturated rings. The number of aromatic nitrogens is 2. The van der Waals surface area contributed by atoms with Crippen molar-refractivity contribution in [3.05, 3.63) is 82.6 Å². The van der Waals surface area contributed by atoms with Crippen LogP contribution in [0.15, 0.2) is 71.3 Å². The van der Waals surface area contributed by atoms with Gasteiger partial charge < -0.3 is 9.64 Å². The number of nitrogens with zero attached hydrogens (tertiary/aromatic N) is 3. The Morgan fingerprint density at radius 1 is 1.11 bits per heavy atom. The quantitative estimate of drug-likeness (QED) is 0.495. The Morgan fingerprint density at radius 3 is 2.68 bits per heavy atom. The Labute approximate surface area is 174 Å². The van der Waals surface area contributed by atoms with Gasteiger partial charge in [-0.1, -0.05) is 52.3 Å². The standard InChI is InChI=1S/C22H24BrN3O2/c1-28-16-15-25(13-6-9-18-7-3-2-4-8-18)22(27)21-12-14-26(24-21)20-11-5-10-19(23)17-20/h2-5,7-8,10-12,14,17H,6,9,13,15-16H2,1H3. The summed E-state index contributed by atoms with van der Waals surface area (Å²) in [6.07, 6.45) is 3.64. The van der Waals surface area contributed by atoms with Crippen LogP contribution in [0.5, 0.6) is 0 Å². The lowest BCUT2D eigenvalue weighted by atomic mass is 10.1. The van der Waals surface area contributed by atoms with Gasteiger partial charge in [0.1, 0.15) is 0 Å². The van der Waals surface area contributed by atoms with Gasteiger partial charge in [-0.25, -0.2) is 4.68 Å². The Bertz CT molecular complexity index is 896. The van der Waals surface area contributed by atoms with Crippen LogP contribution in [0.2, 0.25) is 0 Å². The van der Waals surface area contributed by atoms with Crippen molar-refractivity contribution in [3.8, 4) is 5.69 Å². The lowest BCUT2D eigenvalue weighted by molar-refractivity contribution is 0.0687. The zero-order valence-electron chi connectivity index (χ0n) is 15.9. The topological polar surface area (TPSA) is 47.4 Å². The number of carbonyl (C=O) groups is 1. The van der Waals surface area contributed by atoms with Crippen LogP contribution < -0.4 is 0 Å². The van der Waals surface area contributed by atoms with Crippen LogP contribution in [0, 0.1) is 0 Å². The van der Waals surface area contributed by atoms with Crippen LogP contribution in [0.3, 0.4) is 0 Å². The predicted octanol–water partition coefficient (Wildman–Crippen LogP) is 4.36. The molecule has 3 aromatic rings. The fourth-order valence-electron chi connectivity index (χ4n) is 3.00. The van der Waals surface area contributed by atoms with Crippen LogP contribution in [0.1, 0.15) is 22.5 Å². The zero-order valence-corrected chi connectivity index (χ0v) is 17.5. The Hall–Kier alpha value is -2.44. The van der Waals surface area contributed by atoms with Gasteiger partial charge in [0.25, 0.3) is 5.91 Å². The second-order valence-corrected chi connectivity index (χ2v) is 7.42. The van der Waals surface area contributed by atoms with Crippen molar-refractivity contribution in [3.63, 3.8) is 0 Å². The highest BCUT2D eigenvalue weighted by Gasteiger charge is 2.18. The zero-order chi connectivity index (χ0) is 19.8. The van der Waals surface area contributed by atoms with E-state index in [0.29, 0.717) is 25.4 Å². The second-order valence-electron chi connectivity index (χ2n) is 6.50. The monoisotopic (exact) mass is 441 g/mol. The minimum atomic E-state index is -0.0705. The molecule has 0 unspecified atom stereocenters. The summed E-state index contributed by atoms with van der Waals surface area (Å²) in [6, 6.07) is 19.9. The van der Waals surface area contributed by atoms with E-state index in [1.54, 1.807) is 17.9 Å². The molecule has 0 N–H and O–H groups in total. The first-order valence-electron chi connectivity index (χ1n) is 9.31. The van der Waals surface area contributed by atoms with Gasteiger partial charge in [-0.2, -0.15) is 5.10 Å². The van der Waals surface area contributed by atoms with Gasteiger partial charge in [-0.15, -0.1) is 0 Å². The minimum absolute atomic E-state index is 0.0705. The third-order valence-electron chi connectivity index (χ3n) is 4.47. The molecule has 0 aliphatic rings. The highest BCUT2D eigenvalue weighted by atomic mass is 79.9. The summed E-state index contributed by atoms with van der Waals surface area (Å²) in [4.78, 5) is 14.8. The van der Waals surface area contributed by atoms with Crippen LogP contribution in [0.25, 0.3) is 5.69 Å². The average molecular weight is 442 g/mol. The van der Waals surface area contributed by atoms with Crippen molar-refractivity contribution in [1.82, 2.24) is 14.7 Å². The summed E-state index contributed by atoms with van der Waals surface area (Å²) in [5, 5.41) is 4.48. The summed E-state index contributed by atoms with van der Waals surface area (Å²) in [7, 11) is 1.65. The fourth-order valence-corrected chi connectivity index (χ4v) is 3.38. The van der Waals surface area contributed by atoms with E-state index >= 15 is 0 Å². The molecule has 3 rings (SSSR count). The molecule has 6 heteroatoms.